The van der Waals surface area contributed by atoms with Crippen LogP contribution >= 0.6 is 11.8 Å². The van der Waals surface area contributed by atoms with Gasteiger partial charge < -0.3 is 9.88 Å². The number of hydrogen-bond donors (Lipinski definition) is 1. The van der Waals surface area contributed by atoms with Crippen LogP contribution in [0.2, 0.25) is 0 Å². The molecule has 1 aromatic carbocycles. The molecule has 5 heteroatoms. The third-order valence-electron chi connectivity index (χ3n) is 4.19. The van der Waals surface area contributed by atoms with Gasteiger partial charge in [0, 0.05) is 18.0 Å². The molecule has 0 aliphatic carbocycles. The van der Waals surface area contributed by atoms with Gasteiger partial charge in [0.15, 0.2) is 0 Å². The Morgan fingerprint density at radius 1 is 1.30 bits per heavy atom. The molecule has 2 aliphatic rings. The Balaban J connectivity index is 1.67. The van der Waals surface area contributed by atoms with Crippen molar-refractivity contribution in [2.45, 2.75) is 42.5 Å². The van der Waals surface area contributed by atoms with Gasteiger partial charge in [-0.3, -0.25) is 0 Å². The minimum atomic E-state index is 0.360. The quantitative estimate of drug-likeness (QED) is 0.922. The highest BCUT2D eigenvalue weighted by Gasteiger charge is 2.31. The molecule has 104 valence electrons. The topological polar surface area (TPSA) is 42.7 Å². The summed E-state index contributed by atoms with van der Waals surface area (Å²) in [5, 5.41) is 12.9. The van der Waals surface area contributed by atoms with E-state index in [2.05, 4.69) is 51.3 Å². The average molecular weight is 286 g/mol. The standard InChI is InChI=1S/C15H18N4S/c1-2-11-14-17-18-15(19(14)8-7-16-11)13-9-10-5-3-4-6-12(10)20-13/h3-6,11,13,16H,2,7-9H2,1H3. The van der Waals surface area contributed by atoms with Crippen molar-refractivity contribution in [2.75, 3.05) is 6.54 Å². The molecule has 0 amide bonds. The molecule has 4 nitrogen and oxygen atoms in total. The molecular weight excluding hydrogens is 268 g/mol. The van der Waals surface area contributed by atoms with Gasteiger partial charge in [0.05, 0.1) is 11.3 Å². The molecule has 0 radical (unpaired) electrons. The predicted molar refractivity (Wildman–Crippen MR) is 79.8 cm³/mol. The molecular formula is C15H18N4S. The van der Waals surface area contributed by atoms with E-state index in [9.17, 15) is 0 Å². The first-order valence-electron chi connectivity index (χ1n) is 7.27. The van der Waals surface area contributed by atoms with Crippen LogP contribution in [0.25, 0.3) is 0 Å². The van der Waals surface area contributed by atoms with Crippen LogP contribution < -0.4 is 5.32 Å². The van der Waals surface area contributed by atoms with Gasteiger partial charge in [0.2, 0.25) is 0 Å². The fourth-order valence-corrected chi connectivity index (χ4v) is 4.46. The van der Waals surface area contributed by atoms with Crippen LogP contribution in [0.15, 0.2) is 29.2 Å². The monoisotopic (exact) mass is 286 g/mol. The van der Waals surface area contributed by atoms with Crippen molar-refractivity contribution < 1.29 is 0 Å². The lowest BCUT2D eigenvalue weighted by Crippen LogP contribution is -2.34. The zero-order valence-corrected chi connectivity index (χ0v) is 12.4. The molecule has 2 aromatic rings. The first-order chi connectivity index (χ1) is 9.86. The number of thioether (sulfide) groups is 1. The summed E-state index contributed by atoms with van der Waals surface area (Å²) in [6, 6.07) is 9.04. The summed E-state index contributed by atoms with van der Waals surface area (Å²) >= 11 is 1.93. The largest absolute Gasteiger partial charge is 0.311 e. The SMILES string of the molecule is CCC1NCCn2c1nnc2C1Cc2ccccc2S1. The summed E-state index contributed by atoms with van der Waals surface area (Å²) in [4.78, 5) is 1.40. The van der Waals surface area contributed by atoms with Crippen LogP contribution in [0.5, 0.6) is 0 Å². The van der Waals surface area contributed by atoms with Gasteiger partial charge in [0.1, 0.15) is 11.6 Å². The van der Waals surface area contributed by atoms with E-state index in [1.165, 1.54) is 10.5 Å². The highest BCUT2D eigenvalue weighted by Crippen LogP contribution is 2.46. The van der Waals surface area contributed by atoms with Crippen LogP contribution in [0.3, 0.4) is 0 Å². The molecule has 2 atom stereocenters. The van der Waals surface area contributed by atoms with Crippen molar-refractivity contribution in [1.82, 2.24) is 20.1 Å². The highest BCUT2D eigenvalue weighted by atomic mass is 32.2. The number of hydrogen-bond acceptors (Lipinski definition) is 4. The molecule has 0 saturated carbocycles. The Kier molecular flexibility index (Phi) is 3.04. The summed E-state index contributed by atoms with van der Waals surface area (Å²) in [6.07, 6.45) is 2.14. The Morgan fingerprint density at radius 3 is 3.00 bits per heavy atom. The average Bonchev–Trinajstić information content (AvgIpc) is 3.09. The van der Waals surface area contributed by atoms with E-state index in [-0.39, 0.29) is 0 Å². The zero-order chi connectivity index (χ0) is 13.5. The third-order valence-corrected chi connectivity index (χ3v) is 5.50. The number of nitrogens with zero attached hydrogens (tertiary/aromatic N) is 3. The Morgan fingerprint density at radius 2 is 2.15 bits per heavy atom. The predicted octanol–water partition coefficient (Wildman–Crippen LogP) is 2.72. The molecule has 4 rings (SSSR count). The van der Waals surface area contributed by atoms with E-state index in [0.29, 0.717) is 11.3 Å². The van der Waals surface area contributed by atoms with Gasteiger partial charge in [-0.05, 0) is 24.5 Å². The second-order valence-electron chi connectivity index (χ2n) is 5.40. The van der Waals surface area contributed by atoms with Gasteiger partial charge in [0.25, 0.3) is 0 Å². The smallest absolute Gasteiger partial charge is 0.150 e. The number of rotatable bonds is 2. The lowest BCUT2D eigenvalue weighted by molar-refractivity contribution is 0.399. The van der Waals surface area contributed by atoms with Crippen LogP contribution in [-0.4, -0.2) is 21.3 Å². The molecule has 0 saturated heterocycles. The van der Waals surface area contributed by atoms with Crippen LogP contribution in [0.4, 0.5) is 0 Å². The number of nitrogens with one attached hydrogen (secondary N) is 1. The van der Waals surface area contributed by atoms with E-state index >= 15 is 0 Å². The third kappa shape index (κ3) is 1.88. The normalized spacial score (nSPS) is 24.4. The van der Waals surface area contributed by atoms with Gasteiger partial charge in [-0.1, -0.05) is 25.1 Å². The maximum absolute atomic E-state index is 4.51. The highest BCUT2D eigenvalue weighted by molar-refractivity contribution is 7.99. The Bertz CT molecular complexity index is 612. The van der Waals surface area contributed by atoms with Crippen molar-refractivity contribution in [3.05, 3.63) is 41.5 Å². The minimum absolute atomic E-state index is 0.360. The molecule has 2 aliphatic heterocycles. The van der Waals surface area contributed by atoms with Crippen molar-refractivity contribution in [3.63, 3.8) is 0 Å². The fraction of sp³-hybridized carbons (Fsp3) is 0.467. The second-order valence-corrected chi connectivity index (χ2v) is 6.65. The maximum atomic E-state index is 4.51. The molecule has 0 spiro atoms. The zero-order valence-electron chi connectivity index (χ0n) is 11.5. The molecule has 0 bridgehead atoms. The van der Waals surface area contributed by atoms with Crippen molar-refractivity contribution in [3.8, 4) is 0 Å². The lowest BCUT2D eigenvalue weighted by Gasteiger charge is -2.24. The van der Waals surface area contributed by atoms with Crippen LogP contribution in [0, 0.1) is 0 Å². The van der Waals surface area contributed by atoms with E-state index in [4.69, 9.17) is 0 Å². The second kappa shape index (κ2) is 4.90. The summed E-state index contributed by atoms with van der Waals surface area (Å²) in [5.74, 6) is 2.27. The van der Waals surface area contributed by atoms with Crippen LogP contribution in [-0.2, 0) is 13.0 Å². The first kappa shape index (κ1) is 12.4. The summed E-state index contributed by atoms with van der Waals surface area (Å²) in [5.41, 5.74) is 1.45. The molecule has 1 N–H and O–H groups in total. The fourth-order valence-electron chi connectivity index (χ4n) is 3.15. The lowest BCUT2D eigenvalue weighted by atomic mass is 10.1. The van der Waals surface area contributed by atoms with Gasteiger partial charge in [-0.25, -0.2) is 0 Å². The van der Waals surface area contributed by atoms with E-state index in [1.807, 2.05) is 11.8 Å². The molecule has 20 heavy (non-hydrogen) atoms. The van der Waals surface area contributed by atoms with E-state index in [1.54, 1.807) is 0 Å². The van der Waals surface area contributed by atoms with Crippen molar-refractivity contribution in [1.29, 1.82) is 0 Å². The number of benzene rings is 1. The van der Waals surface area contributed by atoms with Gasteiger partial charge in [-0.15, -0.1) is 22.0 Å². The molecule has 1 aromatic heterocycles. The van der Waals surface area contributed by atoms with E-state index < -0.39 is 0 Å². The van der Waals surface area contributed by atoms with Crippen molar-refractivity contribution >= 4 is 11.8 Å². The Labute approximate surface area is 123 Å². The van der Waals surface area contributed by atoms with Gasteiger partial charge in [-0.2, -0.15) is 0 Å². The molecule has 3 heterocycles. The summed E-state index contributed by atoms with van der Waals surface area (Å²) in [6.45, 7) is 4.20. The number of fused-ring (bicyclic) bond motifs is 2. The Hall–Kier alpha value is -1.33. The molecule has 2 unspecified atom stereocenters. The summed E-state index contributed by atoms with van der Waals surface area (Å²) in [7, 11) is 0. The van der Waals surface area contributed by atoms with Crippen LogP contribution in [0.1, 0.15) is 41.8 Å². The number of aromatic nitrogens is 3. The van der Waals surface area contributed by atoms with Crippen molar-refractivity contribution in [2.24, 2.45) is 0 Å². The minimum Gasteiger partial charge on any atom is -0.311 e. The van der Waals surface area contributed by atoms with E-state index in [0.717, 1.165) is 37.6 Å². The maximum Gasteiger partial charge on any atom is 0.150 e. The van der Waals surface area contributed by atoms with Gasteiger partial charge >= 0.3 is 0 Å². The molecule has 0 fully saturated rings. The first-order valence-corrected chi connectivity index (χ1v) is 8.15. The summed E-state index contributed by atoms with van der Waals surface area (Å²) < 4.78 is 2.34.